The van der Waals surface area contributed by atoms with E-state index >= 15 is 0 Å². The van der Waals surface area contributed by atoms with Crippen LogP contribution in [0.25, 0.3) is 77.1 Å². The Labute approximate surface area is 377 Å². The molecule has 0 unspecified atom stereocenters. The first-order chi connectivity index (χ1) is 32.3. The maximum Gasteiger partial charge on any atom is 0.144 e. The minimum absolute atomic E-state index is 0.535. The Kier molecular flexibility index (Phi) is 8.44. The maximum absolute atomic E-state index is 6.65. The van der Waals surface area contributed by atoms with Gasteiger partial charge in [0.05, 0.1) is 22.3 Å². The number of anilines is 3. The zero-order chi connectivity index (χ0) is 42.9. The molecule has 0 saturated carbocycles. The molecule has 1 aliphatic carbocycles. The second kappa shape index (κ2) is 14.8. The summed E-state index contributed by atoms with van der Waals surface area (Å²) in [6.07, 6.45) is 0. The van der Waals surface area contributed by atoms with E-state index in [9.17, 15) is 0 Å². The van der Waals surface area contributed by atoms with Crippen LogP contribution in [0, 0.1) is 0 Å². The van der Waals surface area contributed by atoms with Gasteiger partial charge in [0.2, 0.25) is 0 Å². The number of nitrogens with zero attached hydrogens (tertiary/aromatic N) is 2. The predicted molar refractivity (Wildman–Crippen MR) is 269 cm³/mol. The van der Waals surface area contributed by atoms with Gasteiger partial charge in [-0.25, -0.2) is 4.98 Å². The van der Waals surface area contributed by atoms with Crippen LogP contribution in [-0.2, 0) is 5.41 Å². The third kappa shape index (κ3) is 5.65. The average molecular weight is 829 g/mol. The van der Waals surface area contributed by atoms with Gasteiger partial charge in [-0.3, -0.25) is 0 Å². The molecule has 0 saturated heterocycles. The Morgan fingerprint density at radius 1 is 0.385 bits per heavy atom. The number of hydrogen-bond acceptors (Lipinski definition) is 3. The summed E-state index contributed by atoms with van der Waals surface area (Å²) >= 11 is 0. The van der Waals surface area contributed by atoms with Crippen molar-refractivity contribution >= 4 is 60.7 Å². The molecule has 0 fully saturated rings. The number of furan rings is 1. The van der Waals surface area contributed by atoms with E-state index in [4.69, 9.17) is 9.40 Å². The monoisotopic (exact) mass is 828 g/mol. The Morgan fingerprint density at radius 2 is 0.969 bits per heavy atom. The molecular weight excluding hydrogens is 789 g/mol. The lowest BCUT2D eigenvalue weighted by molar-refractivity contribution is 0.673. The highest BCUT2D eigenvalue weighted by atomic mass is 16.3. The molecule has 304 valence electrons. The third-order valence-corrected chi connectivity index (χ3v) is 13.5. The van der Waals surface area contributed by atoms with Crippen LogP contribution < -0.4 is 4.90 Å². The van der Waals surface area contributed by atoms with Gasteiger partial charge in [0.25, 0.3) is 0 Å². The Bertz CT molecular complexity index is 3720. The number of benzene rings is 10. The second-order valence-corrected chi connectivity index (χ2v) is 17.0. The van der Waals surface area contributed by atoms with Crippen molar-refractivity contribution in [2.75, 3.05) is 4.90 Å². The Morgan fingerprint density at radius 3 is 1.74 bits per heavy atom. The smallest absolute Gasteiger partial charge is 0.144 e. The van der Waals surface area contributed by atoms with Crippen molar-refractivity contribution in [2.45, 2.75) is 5.41 Å². The standard InChI is InChI=1S/C62H40N2O/c1-4-18-41(19-5-1)47-24-12-16-30-57(47)64(46-36-37-49-48-25-10-14-28-54(48)62(55(49)40-46,43-20-6-2-7-21-43)44-22-8-3-9-23-44)45-34-32-42(33-35-45)60-53-39-38-51-50-26-13-17-31-58(50)65-61(51)59(53)52-27-11-15-29-56(52)63-60/h1-40H. The molecule has 2 aromatic heterocycles. The fourth-order valence-electron chi connectivity index (χ4n) is 10.7. The van der Waals surface area contributed by atoms with Crippen LogP contribution in [0.2, 0.25) is 0 Å². The Hall–Kier alpha value is -8.53. The van der Waals surface area contributed by atoms with Crippen molar-refractivity contribution in [3.05, 3.63) is 265 Å². The molecular formula is C62H40N2O. The number of fused-ring (bicyclic) bond motifs is 10. The summed E-state index contributed by atoms with van der Waals surface area (Å²) in [5.41, 5.74) is 17.2. The second-order valence-electron chi connectivity index (χ2n) is 17.0. The van der Waals surface area contributed by atoms with Gasteiger partial charge in [0, 0.05) is 49.4 Å². The highest BCUT2D eigenvalue weighted by Crippen LogP contribution is 2.57. The van der Waals surface area contributed by atoms with Crippen LogP contribution in [0.3, 0.4) is 0 Å². The van der Waals surface area contributed by atoms with Crippen molar-refractivity contribution in [1.29, 1.82) is 0 Å². The van der Waals surface area contributed by atoms with E-state index in [1.54, 1.807) is 0 Å². The summed E-state index contributed by atoms with van der Waals surface area (Å²) in [5, 5.41) is 5.45. The first kappa shape index (κ1) is 37.1. The van der Waals surface area contributed by atoms with Gasteiger partial charge in [-0.05, 0) is 87.5 Å². The third-order valence-electron chi connectivity index (χ3n) is 13.5. The molecule has 1 aliphatic rings. The molecule has 10 aromatic carbocycles. The number of para-hydroxylation sites is 3. The van der Waals surface area contributed by atoms with Gasteiger partial charge in [-0.1, -0.05) is 194 Å². The fourth-order valence-corrected chi connectivity index (χ4v) is 10.7. The highest BCUT2D eigenvalue weighted by molar-refractivity contribution is 6.24. The largest absolute Gasteiger partial charge is 0.455 e. The zero-order valence-corrected chi connectivity index (χ0v) is 35.4. The van der Waals surface area contributed by atoms with Crippen LogP contribution in [-0.4, -0.2) is 4.98 Å². The molecule has 0 spiro atoms. The van der Waals surface area contributed by atoms with E-state index in [1.165, 1.54) is 33.4 Å². The van der Waals surface area contributed by atoms with Crippen LogP contribution in [0.1, 0.15) is 22.3 Å². The summed E-state index contributed by atoms with van der Waals surface area (Å²) in [4.78, 5) is 7.79. The van der Waals surface area contributed by atoms with Crippen molar-refractivity contribution < 1.29 is 4.42 Å². The molecule has 0 atom stereocenters. The lowest BCUT2D eigenvalue weighted by Crippen LogP contribution is -2.28. The SMILES string of the molecule is c1ccc(-c2ccccc2N(c2ccc(-c3nc4ccccc4c4c3ccc3c5ccccc5oc34)cc2)c2ccc3c(c2)C(c2ccccc2)(c2ccccc2)c2ccccc2-3)cc1. The lowest BCUT2D eigenvalue weighted by Gasteiger charge is -2.35. The summed E-state index contributed by atoms with van der Waals surface area (Å²) < 4.78 is 6.65. The summed E-state index contributed by atoms with van der Waals surface area (Å²) in [5.74, 6) is 0. The first-order valence-electron chi connectivity index (χ1n) is 22.3. The molecule has 0 aliphatic heterocycles. The molecule has 3 nitrogen and oxygen atoms in total. The molecule has 13 rings (SSSR count). The molecule has 3 heteroatoms. The van der Waals surface area contributed by atoms with Crippen molar-refractivity contribution in [3.8, 4) is 33.5 Å². The van der Waals surface area contributed by atoms with Crippen LogP contribution in [0.5, 0.6) is 0 Å². The van der Waals surface area contributed by atoms with Crippen LogP contribution >= 0.6 is 0 Å². The van der Waals surface area contributed by atoms with Gasteiger partial charge < -0.3 is 9.32 Å². The van der Waals surface area contributed by atoms with Gasteiger partial charge in [-0.2, -0.15) is 0 Å². The molecule has 0 amide bonds. The molecule has 0 radical (unpaired) electrons. The van der Waals surface area contributed by atoms with Gasteiger partial charge in [-0.15, -0.1) is 0 Å². The predicted octanol–water partition coefficient (Wildman–Crippen LogP) is 16.5. The topological polar surface area (TPSA) is 29.3 Å². The number of aromatic nitrogens is 1. The molecule has 65 heavy (non-hydrogen) atoms. The summed E-state index contributed by atoms with van der Waals surface area (Å²) in [6.45, 7) is 0. The summed E-state index contributed by atoms with van der Waals surface area (Å²) in [6, 6.07) is 87.7. The van der Waals surface area contributed by atoms with Crippen LogP contribution in [0.15, 0.2) is 247 Å². The van der Waals surface area contributed by atoms with E-state index < -0.39 is 5.41 Å². The normalized spacial score (nSPS) is 12.7. The van der Waals surface area contributed by atoms with E-state index in [0.29, 0.717) is 0 Å². The fraction of sp³-hybridized carbons (Fsp3) is 0.0161. The first-order valence-corrected chi connectivity index (χ1v) is 22.3. The minimum atomic E-state index is -0.535. The van der Waals surface area contributed by atoms with E-state index in [-0.39, 0.29) is 0 Å². The highest BCUT2D eigenvalue weighted by Gasteiger charge is 2.46. The van der Waals surface area contributed by atoms with E-state index in [0.717, 1.165) is 83.1 Å². The van der Waals surface area contributed by atoms with Crippen molar-refractivity contribution in [1.82, 2.24) is 4.98 Å². The van der Waals surface area contributed by atoms with Gasteiger partial charge in [0.15, 0.2) is 0 Å². The Balaban J connectivity index is 1.03. The van der Waals surface area contributed by atoms with Crippen molar-refractivity contribution in [3.63, 3.8) is 0 Å². The maximum atomic E-state index is 6.65. The zero-order valence-electron chi connectivity index (χ0n) is 35.4. The van der Waals surface area contributed by atoms with Crippen molar-refractivity contribution in [2.24, 2.45) is 0 Å². The van der Waals surface area contributed by atoms with Gasteiger partial charge >= 0.3 is 0 Å². The minimum Gasteiger partial charge on any atom is -0.455 e. The lowest BCUT2D eigenvalue weighted by atomic mass is 9.67. The molecule has 0 N–H and O–H groups in total. The molecule has 2 heterocycles. The molecule has 0 bridgehead atoms. The quantitative estimate of drug-likeness (QED) is 0.150. The number of pyridine rings is 1. The average Bonchev–Trinajstić information content (AvgIpc) is 3.91. The van der Waals surface area contributed by atoms with E-state index in [1.807, 2.05) is 6.07 Å². The number of rotatable bonds is 7. The summed E-state index contributed by atoms with van der Waals surface area (Å²) in [7, 11) is 0. The number of hydrogen-bond donors (Lipinski definition) is 0. The van der Waals surface area contributed by atoms with Gasteiger partial charge in [0.1, 0.15) is 11.2 Å². The molecule has 12 aromatic rings. The van der Waals surface area contributed by atoms with E-state index in [2.05, 4.69) is 241 Å². The van der Waals surface area contributed by atoms with Crippen LogP contribution in [0.4, 0.5) is 17.1 Å².